The number of imidazole rings is 1. The quantitative estimate of drug-likeness (QED) is 0.682. The third kappa shape index (κ3) is 4.44. The summed E-state index contributed by atoms with van der Waals surface area (Å²) in [6, 6.07) is 10.4. The molecule has 0 saturated heterocycles. The highest BCUT2D eigenvalue weighted by Crippen LogP contribution is 2.24. The van der Waals surface area contributed by atoms with Gasteiger partial charge in [-0.1, -0.05) is 6.07 Å². The molecule has 6 nitrogen and oxygen atoms in total. The van der Waals surface area contributed by atoms with Crippen LogP contribution in [0.4, 0.5) is 13.2 Å². The van der Waals surface area contributed by atoms with Gasteiger partial charge in [0.25, 0.3) is 5.91 Å². The Kier molecular flexibility index (Phi) is 4.97. The molecule has 1 aromatic carbocycles. The van der Waals surface area contributed by atoms with Gasteiger partial charge in [0.2, 0.25) is 0 Å². The molecule has 3 rings (SSSR count). The molecule has 0 bridgehead atoms. The van der Waals surface area contributed by atoms with Gasteiger partial charge in [-0.25, -0.2) is 4.98 Å². The number of nitrogens with one attached hydrogen (secondary N) is 1. The smallest absolute Gasteiger partial charge is 0.492 e. The Bertz CT molecular complexity index is 891. The summed E-state index contributed by atoms with van der Waals surface area (Å²) >= 11 is 0. The van der Waals surface area contributed by atoms with Crippen LogP contribution >= 0.6 is 0 Å². The molecule has 0 saturated carbocycles. The van der Waals surface area contributed by atoms with E-state index in [1.54, 1.807) is 22.7 Å². The third-order valence-corrected chi connectivity index (χ3v) is 3.36. The monoisotopic (exact) mass is 365 g/mol. The van der Waals surface area contributed by atoms with Gasteiger partial charge in [0, 0.05) is 6.20 Å². The maximum atomic E-state index is 12.2. The average Bonchev–Trinajstić information content (AvgIpc) is 3.03. The Morgan fingerprint density at radius 2 is 1.85 bits per heavy atom. The van der Waals surface area contributed by atoms with Gasteiger partial charge < -0.3 is 14.8 Å². The summed E-state index contributed by atoms with van der Waals surface area (Å²) in [5, 5.41) is 2.69. The highest BCUT2D eigenvalue weighted by molar-refractivity contribution is 5.93. The molecule has 3 aromatic rings. The number of fused-ring (bicyclic) bond motifs is 1. The van der Waals surface area contributed by atoms with Crippen LogP contribution < -0.4 is 14.8 Å². The van der Waals surface area contributed by atoms with Gasteiger partial charge in [-0.3, -0.25) is 9.20 Å². The number of halogens is 3. The van der Waals surface area contributed by atoms with Crippen LogP contribution in [0, 0.1) is 0 Å². The first-order valence-corrected chi connectivity index (χ1v) is 7.61. The fraction of sp³-hybridized carbons (Fsp3) is 0.176. The molecule has 9 heteroatoms. The molecule has 0 fully saturated rings. The predicted octanol–water partition coefficient (Wildman–Crippen LogP) is 3.04. The van der Waals surface area contributed by atoms with Crippen LogP contribution in [0.5, 0.6) is 11.5 Å². The zero-order valence-corrected chi connectivity index (χ0v) is 13.4. The minimum absolute atomic E-state index is 0.155. The number of hydrogen-bond acceptors (Lipinski definition) is 4. The van der Waals surface area contributed by atoms with Crippen LogP contribution in [0.3, 0.4) is 0 Å². The van der Waals surface area contributed by atoms with Crippen molar-refractivity contribution in [3.05, 3.63) is 60.6 Å². The number of ether oxygens (including phenoxy) is 2. The van der Waals surface area contributed by atoms with Gasteiger partial charge in [0.15, 0.2) is 0 Å². The molecule has 0 atom stereocenters. The van der Waals surface area contributed by atoms with Crippen molar-refractivity contribution in [2.75, 3.05) is 13.2 Å². The molecule has 0 unspecified atom stereocenters. The van der Waals surface area contributed by atoms with E-state index in [9.17, 15) is 18.0 Å². The lowest BCUT2D eigenvalue weighted by atomic mass is 10.3. The van der Waals surface area contributed by atoms with Crippen LogP contribution in [0.15, 0.2) is 54.9 Å². The largest absolute Gasteiger partial charge is 0.573 e. The average molecular weight is 365 g/mol. The normalized spacial score (nSPS) is 11.3. The molecule has 26 heavy (non-hydrogen) atoms. The maximum Gasteiger partial charge on any atom is 0.573 e. The van der Waals surface area contributed by atoms with Crippen molar-refractivity contribution in [2.24, 2.45) is 0 Å². The standard InChI is InChI=1S/C17H14F3N3O3/c18-17(19,20)26-13-6-4-12(5-7-13)25-10-8-21-16(24)14-11-22-15-3-1-2-9-23(14)15/h1-7,9,11H,8,10H2,(H,21,24). The van der Waals surface area contributed by atoms with Crippen molar-refractivity contribution in [1.82, 2.24) is 14.7 Å². The van der Waals surface area contributed by atoms with E-state index in [2.05, 4.69) is 15.0 Å². The van der Waals surface area contributed by atoms with Gasteiger partial charge in [0.05, 0.1) is 12.7 Å². The van der Waals surface area contributed by atoms with E-state index >= 15 is 0 Å². The summed E-state index contributed by atoms with van der Waals surface area (Å²) in [5.41, 5.74) is 1.06. The minimum atomic E-state index is -4.73. The predicted molar refractivity (Wildman–Crippen MR) is 86.1 cm³/mol. The Labute approximate surface area is 146 Å². The highest BCUT2D eigenvalue weighted by Gasteiger charge is 2.30. The third-order valence-electron chi connectivity index (χ3n) is 3.36. The second-order valence-corrected chi connectivity index (χ2v) is 5.20. The number of amides is 1. The van der Waals surface area contributed by atoms with E-state index in [0.717, 1.165) is 12.1 Å². The summed E-state index contributed by atoms with van der Waals surface area (Å²) < 4.78 is 47.0. The van der Waals surface area contributed by atoms with Gasteiger partial charge in [-0.2, -0.15) is 0 Å². The molecule has 2 aromatic heterocycles. The fourth-order valence-electron chi connectivity index (χ4n) is 2.26. The van der Waals surface area contributed by atoms with Gasteiger partial charge >= 0.3 is 6.36 Å². The molecular formula is C17H14F3N3O3. The van der Waals surface area contributed by atoms with Crippen LogP contribution in [0.1, 0.15) is 10.5 Å². The number of carbonyl (C=O) groups excluding carboxylic acids is 1. The van der Waals surface area contributed by atoms with Crippen LogP contribution in [-0.2, 0) is 0 Å². The first-order valence-electron chi connectivity index (χ1n) is 7.61. The summed E-state index contributed by atoms with van der Waals surface area (Å²) in [7, 11) is 0. The summed E-state index contributed by atoms with van der Waals surface area (Å²) in [6.45, 7) is 0.377. The molecule has 0 aliphatic carbocycles. The zero-order valence-electron chi connectivity index (χ0n) is 13.4. The lowest BCUT2D eigenvalue weighted by molar-refractivity contribution is -0.274. The van der Waals surface area contributed by atoms with E-state index in [4.69, 9.17) is 4.74 Å². The van der Waals surface area contributed by atoms with Gasteiger partial charge in [-0.05, 0) is 36.4 Å². The first-order chi connectivity index (χ1) is 12.4. The van der Waals surface area contributed by atoms with Crippen LogP contribution in [-0.4, -0.2) is 34.8 Å². The van der Waals surface area contributed by atoms with Crippen molar-refractivity contribution < 1.29 is 27.4 Å². The molecule has 2 heterocycles. The highest BCUT2D eigenvalue weighted by atomic mass is 19.4. The number of benzene rings is 1. The molecule has 1 amide bonds. The topological polar surface area (TPSA) is 64.9 Å². The maximum absolute atomic E-state index is 12.2. The molecule has 136 valence electrons. The van der Waals surface area contributed by atoms with Crippen molar-refractivity contribution in [2.45, 2.75) is 6.36 Å². The second kappa shape index (κ2) is 7.34. The van der Waals surface area contributed by atoms with Gasteiger partial charge in [0.1, 0.15) is 29.4 Å². The molecule has 0 radical (unpaired) electrons. The van der Waals surface area contributed by atoms with Crippen molar-refractivity contribution in [3.8, 4) is 11.5 Å². The van der Waals surface area contributed by atoms with Crippen molar-refractivity contribution in [1.29, 1.82) is 0 Å². The number of nitrogens with zero attached hydrogens (tertiary/aromatic N) is 2. The van der Waals surface area contributed by atoms with E-state index < -0.39 is 6.36 Å². The van der Waals surface area contributed by atoms with E-state index in [1.807, 2.05) is 6.07 Å². The van der Waals surface area contributed by atoms with E-state index in [-0.39, 0.29) is 24.8 Å². The molecule has 1 N–H and O–H groups in total. The second-order valence-electron chi connectivity index (χ2n) is 5.20. The molecule has 0 spiro atoms. The lowest BCUT2D eigenvalue weighted by Crippen LogP contribution is -2.29. The Morgan fingerprint density at radius 3 is 2.58 bits per heavy atom. The number of carbonyl (C=O) groups is 1. The number of pyridine rings is 1. The summed E-state index contributed by atoms with van der Waals surface area (Å²) in [6.07, 6.45) is -1.52. The number of rotatable bonds is 6. The van der Waals surface area contributed by atoms with Crippen LogP contribution in [0.2, 0.25) is 0 Å². The van der Waals surface area contributed by atoms with Gasteiger partial charge in [-0.15, -0.1) is 13.2 Å². The van der Waals surface area contributed by atoms with Crippen molar-refractivity contribution in [3.63, 3.8) is 0 Å². The van der Waals surface area contributed by atoms with E-state index in [0.29, 0.717) is 17.1 Å². The SMILES string of the molecule is O=C(NCCOc1ccc(OC(F)(F)F)cc1)c1cnc2ccccn12. The first kappa shape index (κ1) is 17.6. The number of hydrogen-bond donors (Lipinski definition) is 1. The van der Waals surface area contributed by atoms with Crippen molar-refractivity contribution >= 4 is 11.6 Å². The lowest BCUT2D eigenvalue weighted by Gasteiger charge is -2.10. The minimum Gasteiger partial charge on any atom is -0.492 e. The van der Waals surface area contributed by atoms with E-state index in [1.165, 1.54) is 18.3 Å². The number of aromatic nitrogens is 2. The molecular weight excluding hydrogens is 351 g/mol. The summed E-state index contributed by atoms with van der Waals surface area (Å²) in [5.74, 6) is -0.268. The number of alkyl halides is 3. The Morgan fingerprint density at radius 1 is 1.12 bits per heavy atom. The fourth-order valence-corrected chi connectivity index (χ4v) is 2.26. The summed E-state index contributed by atoms with van der Waals surface area (Å²) in [4.78, 5) is 16.3. The molecule has 0 aliphatic rings. The molecule has 0 aliphatic heterocycles. The van der Waals surface area contributed by atoms with Crippen LogP contribution in [0.25, 0.3) is 5.65 Å². The Balaban J connectivity index is 1.47. The zero-order chi connectivity index (χ0) is 18.6. The Hall–Kier alpha value is -3.23.